The standard InChI is InChI=1S/C26H24F2N4O3S/c1-14(29-25(35)23(33)16-10-17(27)12-18(28)11-16)24(34)30-19-8-6-15(7-9-19)20-13-32-21-4-2-3-5-22(21)36-26(32)31-20/h6-14,23,33H,2-5H2,1H3,(H,29,35)(H,30,34)/t14-,23?/m0/s1. The first kappa shape index (κ1) is 24.1. The van der Waals surface area contributed by atoms with E-state index in [0.29, 0.717) is 11.8 Å². The first-order valence-corrected chi connectivity index (χ1v) is 12.5. The van der Waals surface area contributed by atoms with Gasteiger partial charge in [-0.05, 0) is 62.4 Å². The Balaban J connectivity index is 1.21. The molecule has 0 saturated carbocycles. The van der Waals surface area contributed by atoms with E-state index in [-0.39, 0.29) is 5.56 Å². The number of nitrogens with one attached hydrogen (secondary N) is 2. The third kappa shape index (κ3) is 4.87. The van der Waals surface area contributed by atoms with E-state index in [2.05, 4.69) is 21.2 Å². The Kier molecular flexibility index (Phi) is 6.55. The Bertz CT molecular complexity index is 1430. The highest BCUT2D eigenvalue weighted by molar-refractivity contribution is 7.17. The first-order valence-electron chi connectivity index (χ1n) is 11.6. The van der Waals surface area contributed by atoms with E-state index >= 15 is 0 Å². The zero-order valence-electron chi connectivity index (χ0n) is 19.4. The lowest BCUT2D eigenvalue weighted by molar-refractivity contribution is -0.132. The van der Waals surface area contributed by atoms with Crippen molar-refractivity contribution in [1.82, 2.24) is 14.7 Å². The summed E-state index contributed by atoms with van der Waals surface area (Å²) >= 11 is 1.74. The molecule has 0 saturated heterocycles. The largest absolute Gasteiger partial charge is 0.378 e. The predicted molar refractivity (Wildman–Crippen MR) is 133 cm³/mol. The van der Waals surface area contributed by atoms with E-state index in [1.54, 1.807) is 23.5 Å². The number of benzene rings is 2. The first-order chi connectivity index (χ1) is 17.3. The quantitative estimate of drug-likeness (QED) is 0.358. The minimum Gasteiger partial charge on any atom is -0.378 e. The Morgan fingerprint density at radius 3 is 2.47 bits per heavy atom. The number of amides is 2. The van der Waals surface area contributed by atoms with Crippen LogP contribution in [0.2, 0.25) is 0 Å². The smallest absolute Gasteiger partial charge is 0.254 e. The molecule has 36 heavy (non-hydrogen) atoms. The Labute approximate surface area is 209 Å². The van der Waals surface area contributed by atoms with Gasteiger partial charge in [-0.1, -0.05) is 12.1 Å². The number of anilines is 1. The van der Waals surface area contributed by atoms with Crippen LogP contribution in [-0.2, 0) is 22.4 Å². The van der Waals surface area contributed by atoms with Crippen molar-refractivity contribution in [2.75, 3.05) is 5.32 Å². The summed E-state index contributed by atoms with van der Waals surface area (Å²) in [7, 11) is 0. The molecule has 186 valence electrons. The van der Waals surface area contributed by atoms with Crippen molar-refractivity contribution in [3.05, 3.63) is 76.4 Å². The lowest BCUT2D eigenvalue weighted by atomic mass is 10.0. The van der Waals surface area contributed by atoms with Crippen molar-refractivity contribution in [1.29, 1.82) is 0 Å². The molecule has 0 spiro atoms. The van der Waals surface area contributed by atoms with Crippen LogP contribution in [-0.4, -0.2) is 32.3 Å². The van der Waals surface area contributed by atoms with Crippen molar-refractivity contribution in [2.24, 2.45) is 0 Å². The van der Waals surface area contributed by atoms with Crippen LogP contribution in [0.1, 0.15) is 42.0 Å². The molecule has 2 aromatic heterocycles. The highest BCUT2D eigenvalue weighted by atomic mass is 32.1. The number of aryl methyl sites for hydroxylation is 2. The normalized spacial score (nSPS) is 14.8. The van der Waals surface area contributed by atoms with Crippen LogP contribution in [0.3, 0.4) is 0 Å². The Morgan fingerprint density at radius 2 is 1.75 bits per heavy atom. The molecule has 10 heteroatoms. The Morgan fingerprint density at radius 1 is 1.06 bits per heavy atom. The molecule has 0 bridgehead atoms. The van der Waals surface area contributed by atoms with Gasteiger partial charge in [0, 0.05) is 34.1 Å². The van der Waals surface area contributed by atoms with Gasteiger partial charge in [0.2, 0.25) is 5.91 Å². The molecule has 0 fully saturated rings. The molecule has 1 aliphatic rings. The van der Waals surface area contributed by atoms with Gasteiger partial charge in [0.25, 0.3) is 5.91 Å². The van der Waals surface area contributed by atoms with Crippen molar-refractivity contribution < 1.29 is 23.5 Å². The number of hydrogen-bond donors (Lipinski definition) is 3. The van der Waals surface area contributed by atoms with Crippen LogP contribution in [0.25, 0.3) is 16.2 Å². The van der Waals surface area contributed by atoms with Crippen LogP contribution >= 0.6 is 11.3 Å². The number of carbonyl (C=O) groups excluding carboxylic acids is 2. The van der Waals surface area contributed by atoms with Crippen molar-refractivity contribution in [3.63, 3.8) is 0 Å². The molecular weight excluding hydrogens is 486 g/mol. The molecule has 0 aliphatic heterocycles. The second-order valence-electron chi connectivity index (χ2n) is 8.86. The fraction of sp³-hybridized carbons (Fsp3) is 0.269. The van der Waals surface area contributed by atoms with Crippen molar-refractivity contribution in [3.8, 4) is 11.3 Å². The summed E-state index contributed by atoms with van der Waals surface area (Å²) < 4.78 is 28.9. The van der Waals surface area contributed by atoms with E-state index in [1.807, 2.05) is 12.1 Å². The molecule has 1 aliphatic carbocycles. The summed E-state index contributed by atoms with van der Waals surface area (Å²) in [5, 5.41) is 15.2. The third-order valence-electron chi connectivity index (χ3n) is 6.22. The monoisotopic (exact) mass is 510 g/mol. The maximum absolute atomic E-state index is 13.4. The predicted octanol–water partition coefficient (Wildman–Crippen LogP) is 4.40. The van der Waals surface area contributed by atoms with Gasteiger partial charge in [-0.3, -0.25) is 14.0 Å². The van der Waals surface area contributed by atoms with Crippen LogP contribution in [0.5, 0.6) is 0 Å². The van der Waals surface area contributed by atoms with Gasteiger partial charge in [0.1, 0.15) is 17.7 Å². The summed E-state index contributed by atoms with van der Waals surface area (Å²) in [5.74, 6) is -3.29. The topological polar surface area (TPSA) is 95.7 Å². The zero-order valence-corrected chi connectivity index (χ0v) is 20.2. The van der Waals surface area contributed by atoms with E-state index in [9.17, 15) is 23.5 Å². The molecule has 0 radical (unpaired) electrons. The maximum atomic E-state index is 13.4. The number of aliphatic hydroxyl groups excluding tert-OH is 1. The van der Waals surface area contributed by atoms with Crippen LogP contribution in [0, 0.1) is 11.6 Å². The van der Waals surface area contributed by atoms with Crippen molar-refractivity contribution in [2.45, 2.75) is 44.8 Å². The molecule has 5 rings (SSSR count). The van der Waals surface area contributed by atoms with Gasteiger partial charge < -0.3 is 15.7 Å². The molecule has 1 unspecified atom stereocenters. The summed E-state index contributed by atoms with van der Waals surface area (Å²) in [4.78, 5) is 32.0. The van der Waals surface area contributed by atoms with Crippen LogP contribution in [0.15, 0.2) is 48.7 Å². The highest BCUT2D eigenvalue weighted by Crippen LogP contribution is 2.32. The average Bonchev–Trinajstić information content (AvgIpc) is 3.41. The van der Waals surface area contributed by atoms with Gasteiger partial charge in [-0.25, -0.2) is 13.8 Å². The van der Waals surface area contributed by atoms with Crippen LogP contribution in [0.4, 0.5) is 14.5 Å². The molecule has 2 atom stereocenters. The molecule has 2 heterocycles. The average molecular weight is 511 g/mol. The number of rotatable bonds is 6. The number of aliphatic hydroxyl groups is 1. The van der Waals surface area contributed by atoms with E-state index in [0.717, 1.165) is 41.2 Å². The minimum atomic E-state index is -1.82. The van der Waals surface area contributed by atoms with E-state index in [1.165, 1.54) is 30.3 Å². The van der Waals surface area contributed by atoms with Crippen LogP contribution < -0.4 is 10.6 Å². The minimum absolute atomic E-state index is 0.243. The number of aromatic nitrogens is 2. The lowest BCUT2D eigenvalue weighted by Crippen LogP contribution is -2.43. The summed E-state index contributed by atoms with van der Waals surface area (Å²) in [6, 6.07) is 8.56. The number of imidazole rings is 1. The fourth-order valence-corrected chi connectivity index (χ4v) is 5.51. The van der Waals surface area contributed by atoms with E-state index in [4.69, 9.17) is 4.98 Å². The second kappa shape index (κ2) is 9.79. The maximum Gasteiger partial charge on any atom is 0.254 e. The number of nitrogens with zero attached hydrogens (tertiary/aromatic N) is 2. The number of hydrogen-bond acceptors (Lipinski definition) is 5. The summed E-state index contributed by atoms with van der Waals surface area (Å²) in [5.41, 5.74) is 3.41. The number of halogens is 2. The zero-order chi connectivity index (χ0) is 25.4. The number of fused-ring (bicyclic) bond motifs is 3. The number of carbonyl (C=O) groups is 2. The van der Waals surface area contributed by atoms with E-state index < -0.39 is 35.6 Å². The summed E-state index contributed by atoms with van der Waals surface area (Å²) in [6.45, 7) is 1.44. The summed E-state index contributed by atoms with van der Waals surface area (Å²) in [6.07, 6.45) is 4.85. The van der Waals surface area contributed by atoms with Gasteiger partial charge in [0.15, 0.2) is 11.1 Å². The van der Waals surface area contributed by atoms with Gasteiger partial charge >= 0.3 is 0 Å². The Hall–Kier alpha value is -3.63. The molecular formula is C26H24F2N4O3S. The third-order valence-corrected chi connectivity index (χ3v) is 7.37. The highest BCUT2D eigenvalue weighted by Gasteiger charge is 2.24. The SMILES string of the molecule is C[C@H](NC(=O)C(O)c1cc(F)cc(F)c1)C(=O)Nc1ccc(-c2cn3c4c(sc3n2)CCCC4)cc1. The van der Waals surface area contributed by atoms with Gasteiger partial charge in [0.05, 0.1) is 5.69 Å². The molecule has 3 N–H and O–H groups in total. The van der Waals surface area contributed by atoms with Gasteiger partial charge in [-0.2, -0.15) is 0 Å². The number of thiazole rings is 1. The molecule has 4 aromatic rings. The fourth-order valence-electron chi connectivity index (χ4n) is 4.32. The lowest BCUT2D eigenvalue weighted by Gasteiger charge is -2.17. The molecule has 7 nitrogen and oxygen atoms in total. The van der Waals surface area contributed by atoms with Gasteiger partial charge in [-0.15, -0.1) is 11.3 Å². The van der Waals surface area contributed by atoms with Crippen molar-refractivity contribution >= 4 is 33.8 Å². The molecule has 2 amide bonds. The second-order valence-corrected chi connectivity index (χ2v) is 9.92. The molecule has 2 aromatic carbocycles.